The average Bonchev–Trinajstić information content (AvgIpc) is 2.93. The third kappa shape index (κ3) is 5.61. The minimum atomic E-state index is -0.252. The molecule has 136 valence electrons. The molecule has 0 aliphatic rings. The van der Waals surface area contributed by atoms with Gasteiger partial charge in [0.2, 0.25) is 0 Å². The zero-order valence-electron chi connectivity index (χ0n) is 15.2. The zero-order valence-corrected chi connectivity index (χ0v) is 16.0. The lowest BCUT2D eigenvalue weighted by molar-refractivity contribution is 0.0676. The van der Waals surface area contributed by atoms with E-state index in [1.807, 2.05) is 11.8 Å². The summed E-state index contributed by atoms with van der Waals surface area (Å²) < 4.78 is 18.1. The molecule has 0 spiro atoms. The number of thiazole rings is 1. The van der Waals surface area contributed by atoms with E-state index in [1.54, 1.807) is 19.2 Å². The van der Waals surface area contributed by atoms with Crippen LogP contribution in [0.25, 0.3) is 0 Å². The summed E-state index contributed by atoms with van der Waals surface area (Å²) in [5.74, 6) is 0.135. The van der Waals surface area contributed by atoms with Gasteiger partial charge in [-0.25, -0.2) is 9.37 Å². The molecule has 2 rings (SSSR count). The molecule has 0 fully saturated rings. The van der Waals surface area contributed by atoms with Crippen molar-refractivity contribution < 1.29 is 13.9 Å². The van der Waals surface area contributed by atoms with E-state index in [1.165, 1.54) is 23.5 Å². The summed E-state index contributed by atoms with van der Waals surface area (Å²) >= 11 is 1.42. The van der Waals surface area contributed by atoms with Crippen molar-refractivity contribution in [1.82, 2.24) is 9.88 Å². The molecule has 0 radical (unpaired) electrons. The third-order valence-corrected chi connectivity index (χ3v) is 4.89. The van der Waals surface area contributed by atoms with Crippen LogP contribution in [0.3, 0.4) is 0 Å². The maximum atomic E-state index is 13.0. The van der Waals surface area contributed by atoms with Gasteiger partial charge in [-0.3, -0.25) is 4.79 Å². The number of methoxy groups -OCH3 is 1. The standard InChI is InChI=1S/C19H25FN2O2S/c1-13(2)12-22(9-10-24-4)19(23)18-14(3)21-17(25-18)11-15-5-7-16(20)8-6-15/h5-8,13H,9-12H2,1-4H3. The van der Waals surface area contributed by atoms with E-state index in [0.29, 0.717) is 36.9 Å². The van der Waals surface area contributed by atoms with Crippen LogP contribution < -0.4 is 0 Å². The van der Waals surface area contributed by atoms with E-state index < -0.39 is 0 Å². The Morgan fingerprint density at radius 2 is 2.00 bits per heavy atom. The van der Waals surface area contributed by atoms with E-state index in [4.69, 9.17) is 4.74 Å². The lowest BCUT2D eigenvalue weighted by Crippen LogP contribution is -2.36. The van der Waals surface area contributed by atoms with Crippen molar-refractivity contribution in [2.75, 3.05) is 26.8 Å². The summed E-state index contributed by atoms with van der Waals surface area (Å²) in [6.07, 6.45) is 0.599. The number of ether oxygens (including phenoxy) is 1. The highest BCUT2D eigenvalue weighted by Crippen LogP contribution is 2.23. The maximum absolute atomic E-state index is 13.0. The molecule has 0 saturated heterocycles. The summed E-state index contributed by atoms with van der Waals surface area (Å²) in [5, 5.41) is 0.865. The maximum Gasteiger partial charge on any atom is 0.265 e. The number of hydrogen-bond acceptors (Lipinski definition) is 4. The molecule has 1 amide bonds. The van der Waals surface area contributed by atoms with Crippen LogP contribution in [0.1, 0.15) is 39.8 Å². The summed E-state index contributed by atoms with van der Waals surface area (Å²) in [5.41, 5.74) is 1.73. The Labute approximate surface area is 152 Å². The predicted molar refractivity (Wildman–Crippen MR) is 98.7 cm³/mol. The van der Waals surface area contributed by atoms with Gasteiger partial charge in [0.15, 0.2) is 0 Å². The van der Waals surface area contributed by atoms with Crippen molar-refractivity contribution in [2.24, 2.45) is 5.92 Å². The van der Waals surface area contributed by atoms with Crippen molar-refractivity contribution in [3.63, 3.8) is 0 Å². The number of aryl methyl sites for hydroxylation is 1. The molecule has 1 aromatic carbocycles. The summed E-state index contributed by atoms with van der Waals surface area (Å²) in [4.78, 5) is 20.0. The highest BCUT2D eigenvalue weighted by molar-refractivity contribution is 7.13. The molecule has 0 saturated carbocycles. The Morgan fingerprint density at radius 1 is 1.32 bits per heavy atom. The van der Waals surface area contributed by atoms with Gasteiger partial charge in [0.05, 0.1) is 17.3 Å². The average molecular weight is 364 g/mol. The minimum absolute atomic E-state index is 0.00565. The largest absolute Gasteiger partial charge is 0.383 e. The van der Waals surface area contributed by atoms with Crippen LogP contribution in [0, 0.1) is 18.7 Å². The Balaban J connectivity index is 2.15. The summed E-state index contributed by atoms with van der Waals surface area (Å²) in [6, 6.07) is 6.38. The highest BCUT2D eigenvalue weighted by atomic mass is 32.1. The van der Waals surface area contributed by atoms with E-state index in [0.717, 1.165) is 16.3 Å². The van der Waals surface area contributed by atoms with Crippen molar-refractivity contribution in [3.05, 3.63) is 51.2 Å². The van der Waals surface area contributed by atoms with Gasteiger partial charge < -0.3 is 9.64 Å². The SMILES string of the molecule is COCCN(CC(C)C)C(=O)c1sc(Cc2ccc(F)cc2)nc1C. The van der Waals surface area contributed by atoms with Crippen molar-refractivity contribution in [1.29, 1.82) is 0 Å². The van der Waals surface area contributed by atoms with Crippen LogP contribution in [0.4, 0.5) is 4.39 Å². The van der Waals surface area contributed by atoms with Crippen molar-refractivity contribution >= 4 is 17.2 Å². The van der Waals surface area contributed by atoms with Gasteiger partial charge in [0, 0.05) is 26.6 Å². The first kappa shape index (κ1) is 19.5. The third-order valence-electron chi connectivity index (χ3n) is 3.74. The number of carbonyl (C=O) groups is 1. The molecule has 0 bridgehead atoms. The number of hydrogen-bond donors (Lipinski definition) is 0. The lowest BCUT2D eigenvalue weighted by atomic mass is 10.1. The van der Waals surface area contributed by atoms with Gasteiger partial charge in [0.1, 0.15) is 10.7 Å². The summed E-state index contributed by atoms with van der Waals surface area (Å²) in [7, 11) is 1.64. The minimum Gasteiger partial charge on any atom is -0.383 e. The zero-order chi connectivity index (χ0) is 18.4. The van der Waals surface area contributed by atoms with E-state index in [9.17, 15) is 9.18 Å². The number of halogens is 1. The van der Waals surface area contributed by atoms with Gasteiger partial charge in [-0.05, 0) is 30.5 Å². The molecule has 0 aliphatic heterocycles. The van der Waals surface area contributed by atoms with Crippen molar-refractivity contribution in [3.8, 4) is 0 Å². The molecule has 0 unspecified atom stereocenters. The van der Waals surface area contributed by atoms with Crippen LogP contribution >= 0.6 is 11.3 Å². The van der Waals surface area contributed by atoms with Gasteiger partial charge in [-0.15, -0.1) is 11.3 Å². The molecule has 0 atom stereocenters. The van der Waals surface area contributed by atoms with Gasteiger partial charge in [0.25, 0.3) is 5.91 Å². The quantitative estimate of drug-likeness (QED) is 0.713. The molecule has 0 aliphatic carbocycles. The Bertz CT molecular complexity index is 698. The molecule has 1 aromatic heterocycles. The first-order valence-corrected chi connectivity index (χ1v) is 9.21. The smallest absolute Gasteiger partial charge is 0.265 e. The van der Waals surface area contributed by atoms with Gasteiger partial charge in [-0.1, -0.05) is 26.0 Å². The lowest BCUT2D eigenvalue weighted by Gasteiger charge is -2.23. The fourth-order valence-electron chi connectivity index (χ4n) is 2.56. The predicted octanol–water partition coefficient (Wildman–Crippen LogP) is 3.93. The number of aromatic nitrogens is 1. The molecule has 6 heteroatoms. The second kappa shape index (κ2) is 9.06. The van der Waals surface area contributed by atoms with Crippen molar-refractivity contribution in [2.45, 2.75) is 27.2 Å². The molecular formula is C19H25FN2O2S. The number of nitrogens with zero attached hydrogens (tertiary/aromatic N) is 2. The Kier molecular flexibility index (Phi) is 7.08. The Morgan fingerprint density at radius 3 is 2.60 bits per heavy atom. The van der Waals surface area contributed by atoms with Gasteiger partial charge in [-0.2, -0.15) is 0 Å². The van der Waals surface area contributed by atoms with E-state index in [2.05, 4.69) is 18.8 Å². The number of rotatable bonds is 8. The monoisotopic (exact) mass is 364 g/mol. The summed E-state index contributed by atoms with van der Waals surface area (Å²) in [6.45, 7) is 7.81. The molecular weight excluding hydrogens is 339 g/mol. The second-order valence-electron chi connectivity index (χ2n) is 6.46. The highest BCUT2D eigenvalue weighted by Gasteiger charge is 2.22. The van der Waals surface area contributed by atoms with Gasteiger partial charge >= 0.3 is 0 Å². The van der Waals surface area contributed by atoms with E-state index in [-0.39, 0.29) is 11.7 Å². The fourth-order valence-corrected chi connectivity index (χ4v) is 3.63. The molecule has 0 N–H and O–H groups in total. The number of amides is 1. The van der Waals surface area contributed by atoms with Crippen LogP contribution in [0.2, 0.25) is 0 Å². The van der Waals surface area contributed by atoms with Crippen LogP contribution in [0.5, 0.6) is 0 Å². The molecule has 2 aromatic rings. The Hall–Kier alpha value is -1.79. The topological polar surface area (TPSA) is 42.4 Å². The number of benzene rings is 1. The second-order valence-corrected chi connectivity index (χ2v) is 7.55. The first-order valence-electron chi connectivity index (χ1n) is 8.39. The van der Waals surface area contributed by atoms with E-state index >= 15 is 0 Å². The normalized spacial score (nSPS) is 11.1. The first-order chi connectivity index (χ1) is 11.9. The van der Waals surface area contributed by atoms with Crippen LogP contribution in [0.15, 0.2) is 24.3 Å². The van der Waals surface area contributed by atoms with Crippen LogP contribution in [-0.2, 0) is 11.2 Å². The number of carbonyl (C=O) groups excluding carboxylic acids is 1. The molecule has 25 heavy (non-hydrogen) atoms. The fraction of sp³-hybridized carbons (Fsp3) is 0.474. The molecule has 1 heterocycles. The molecule has 4 nitrogen and oxygen atoms in total. The van der Waals surface area contributed by atoms with Crippen LogP contribution in [-0.4, -0.2) is 42.6 Å².